The topological polar surface area (TPSA) is 108 Å². The molecule has 0 fully saturated rings. The first-order chi connectivity index (χ1) is 37.6. The van der Waals surface area contributed by atoms with E-state index in [1.807, 2.05) is 21.1 Å². The molecule has 0 aliphatic rings. The minimum Gasteiger partial charge on any atom is -0.477 e. The Kier molecular flexibility index (Phi) is 55.1. The van der Waals surface area contributed by atoms with Crippen LogP contribution in [0.5, 0.6) is 0 Å². The number of quaternary nitrogens is 1. The number of hydrogen-bond donors (Lipinski definition) is 1. The van der Waals surface area contributed by atoms with Crippen LogP contribution in [-0.4, -0.2) is 87.4 Å². The van der Waals surface area contributed by atoms with E-state index < -0.39 is 24.3 Å². The number of carbonyl (C=O) groups is 3. The number of esters is 2. The average Bonchev–Trinajstić information content (AvgIpc) is 3.40. The van der Waals surface area contributed by atoms with E-state index in [1.165, 1.54) is 128 Å². The van der Waals surface area contributed by atoms with Gasteiger partial charge in [-0.2, -0.15) is 0 Å². The summed E-state index contributed by atoms with van der Waals surface area (Å²) in [5.74, 6) is -2.07. The lowest BCUT2D eigenvalue weighted by Crippen LogP contribution is -2.40. The molecule has 2 atom stereocenters. The Labute approximate surface area is 473 Å². The standard InChI is InChI=1S/C68H115NO8/c1-6-8-10-12-14-16-18-20-22-24-26-28-29-30-31-32-33-34-35-36-37-39-40-42-44-46-48-50-52-54-56-58-65(70)75-62-64(63-76-68(67(72)73)74-61-60-69(3,4)5)77-66(71)59-57-55-53-51-49-47-45-43-41-38-27-25-23-21-19-17-15-13-11-9-7-2/h9,11,15,17-18,20-21,23-24,26-27,29-30,38,43,45,49,51,64,68H,6-8,10,12-14,16,19,22,25,28,31-37,39-42,44,46-48,50,52-63H2,1-5H3/p+1/b11-9-,17-15-,20-18-,23-21-,26-24-,30-29-,38-27-,45-43-,51-49-. The maximum atomic E-state index is 12.9. The van der Waals surface area contributed by atoms with Crippen LogP contribution in [0.2, 0.25) is 0 Å². The summed E-state index contributed by atoms with van der Waals surface area (Å²) < 4.78 is 22.8. The van der Waals surface area contributed by atoms with Gasteiger partial charge in [-0.3, -0.25) is 9.59 Å². The number of rotatable bonds is 56. The summed E-state index contributed by atoms with van der Waals surface area (Å²) in [7, 11) is 5.95. The molecule has 9 heteroatoms. The van der Waals surface area contributed by atoms with E-state index in [-0.39, 0.29) is 38.6 Å². The highest BCUT2D eigenvalue weighted by atomic mass is 16.7. The van der Waals surface area contributed by atoms with Crippen molar-refractivity contribution in [3.63, 3.8) is 0 Å². The molecule has 0 aromatic rings. The number of carboxylic acid groups (broad SMARTS) is 1. The highest BCUT2D eigenvalue weighted by molar-refractivity contribution is 5.71. The van der Waals surface area contributed by atoms with Crippen molar-refractivity contribution in [1.29, 1.82) is 0 Å². The third-order valence-corrected chi connectivity index (χ3v) is 13.0. The van der Waals surface area contributed by atoms with E-state index in [0.29, 0.717) is 17.4 Å². The average molecular weight is 1080 g/mol. The first-order valence-electron chi connectivity index (χ1n) is 31.1. The van der Waals surface area contributed by atoms with E-state index in [0.717, 1.165) is 83.5 Å². The zero-order chi connectivity index (χ0) is 56.2. The van der Waals surface area contributed by atoms with Gasteiger partial charge in [-0.1, -0.05) is 239 Å². The van der Waals surface area contributed by atoms with Crippen LogP contribution in [0.1, 0.15) is 245 Å². The fraction of sp³-hybridized carbons (Fsp3) is 0.691. The molecule has 0 radical (unpaired) electrons. The quantitative estimate of drug-likeness (QED) is 0.0211. The Morgan fingerprint density at radius 3 is 1.13 bits per heavy atom. The maximum Gasteiger partial charge on any atom is 0.361 e. The molecule has 440 valence electrons. The van der Waals surface area contributed by atoms with Crippen LogP contribution >= 0.6 is 0 Å². The van der Waals surface area contributed by atoms with Crippen molar-refractivity contribution in [2.24, 2.45) is 0 Å². The molecule has 2 unspecified atom stereocenters. The van der Waals surface area contributed by atoms with Crippen LogP contribution in [0.25, 0.3) is 0 Å². The highest BCUT2D eigenvalue weighted by Gasteiger charge is 2.25. The fourth-order valence-electron chi connectivity index (χ4n) is 8.26. The first kappa shape index (κ1) is 73.0. The summed E-state index contributed by atoms with van der Waals surface area (Å²) in [6.07, 6.45) is 77.6. The molecule has 1 N–H and O–H groups in total. The van der Waals surface area contributed by atoms with E-state index in [4.69, 9.17) is 18.9 Å². The molecule has 0 amide bonds. The van der Waals surface area contributed by atoms with E-state index in [1.54, 1.807) is 0 Å². The molecule has 0 aliphatic heterocycles. The largest absolute Gasteiger partial charge is 0.477 e. The second kappa shape index (κ2) is 58.1. The van der Waals surface area contributed by atoms with Crippen molar-refractivity contribution in [3.8, 4) is 0 Å². The SMILES string of the molecule is CC/C=C\C/C=C\C/C=C\C/C=C\C/C=C\C/C=C\CCCCC(=O)OC(COC(=O)CCCCCCCCCCCCCCCCCC/C=C\C/C=C\C/C=C\CCCCCCC)COC(OCC[N+](C)(C)C)C(=O)O. The van der Waals surface area contributed by atoms with E-state index >= 15 is 0 Å². The summed E-state index contributed by atoms with van der Waals surface area (Å²) in [5.41, 5.74) is 0. The van der Waals surface area contributed by atoms with Gasteiger partial charge in [-0.25, -0.2) is 4.79 Å². The van der Waals surface area contributed by atoms with Gasteiger partial charge >= 0.3 is 17.9 Å². The molecule has 0 aromatic heterocycles. The molecule has 0 saturated carbocycles. The number of allylic oxidation sites excluding steroid dienone is 18. The molecule has 0 bridgehead atoms. The van der Waals surface area contributed by atoms with Gasteiger partial charge in [0.25, 0.3) is 6.29 Å². The number of ether oxygens (including phenoxy) is 4. The molecular weight excluding hydrogens is 959 g/mol. The molecule has 0 heterocycles. The number of likely N-dealkylation sites (N-methyl/N-ethyl adjacent to an activating group) is 1. The van der Waals surface area contributed by atoms with Gasteiger partial charge in [0.1, 0.15) is 13.2 Å². The molecule has 0 rings (SSSR count). The summed E-state index contributed by atoms with van der Waals surface area (Å²) >= 11 is 0. The number of nitrogens with zero attached hydrogens (tertiary/aromatic N) is 1. The van der Waals surface area contributed by atoms with Crippen molar-refractivity contribution < 1.29 is 42.9 Å². The van der Waals surface area contributed by atoms with Gasteiger partial charge < -0.3 is 28.5 Å². The molecule has 0 aromatic carbocycles. The van der Waals surface area contributed by atoms with E-state index in [9.17, 15) is 19.5 Å². The first-order valence-corrected chi connectivity index (χ1v) is 31.1. The van der Waals surface area contributed by atoms with Gasteiger partial charge in [0.05, 0.1) is 34.4 Å². The number of carboxylic acids is 1. The lowest BCUT2D eigenvalue weighted by Gasteiger charge is -2.25. The van der Waals surface area contributed by atoms with Crippen molar-refractivity contribution in [2.75, 3.05) is 47.5 Å². The number of carbonyl (C=O) groups excluding carboxylic acids is 2. The number of unbranched alkanes of at least 4 members (excludes halogenated alkanes) is 23. The predicted octanol–water partition coefficient (Wildman–Crippen LogP) is 18.7. The zero-order valence-electron chi connectivity index (χ0n) is 50.1. The van der Waals surface area contributed by atoms with Gasteiger partial charge in [-0.15, -0.1) is 0 Å². The van der Waals surface area contributed by atoms with Crippen LogP contribution in [-0.2, 0) is 33.3 Å². The van der Waals surface area contributed by atoms with Crippen molar-refractivity contribution >= 4 is 17.9 Å². The Morgan fingerprint density at radius 1 is 0.403 bits per heavy atom. The van der Waals surface area contributed by atoms with Crippen LogP contribution < -0.4 is 0 Å². The fourth-order valence-corrected chi connectivity index (χ4v) is 8.26. The van der Waals surface area contributed by atoms with Crippen molar-refractivity contribution in [1.82, 2.24) is 0 Å². The van der Waals surface area contributed by atoms with Crippen LogP contribution in [0, 0.1) is 0 Å². The monoisotopic (exact) mass is 1070 g/mol. The third kappa shape index (κ3) is 59.5. The van der Waals surface area contributed by atoms with Gasteiger partial charge in [0.15, 0.2) is 6.10 Å². The molecule has 0 saturated heterocycles. The normalized spacial score (nSPS) is 13.5. The minimum absolute atomic E-state index is 0.174. The Morgan fingerprint density at radius 2 is 0.740 bits per heavy atom. The van der Waals surface area contributed by atoms with Crippen molar-refractivity contribution in [3.05, 3.63) is 109 Å². The van der Waals surface area contributed by atoms with E-state index in [2.05, 4.69) is 123 Å². The van der Waals surface area contributed by atoms with Crippen LogP contribution in [0.4, 0.5) is 0 Å². The van der Waals surface area contributed by atoms with Gasteiger partial charge in [-0.05, 0) is 103 Å². The summed E-state index contributed by atoms with van der Waals surface area (Å²) in [6.45, 7) is 4.70. The summed E-state index contributed by atoms with van der Waals surface area (Å²) in [5, 5.41) is 9.71. The molecule has 77 heavy (non-hydrogen) atoms. The lowest BCUT2D eigenvalue weighted by atomic mass is 10.0. The molecule has 0 spiro atoms. The Balaban J connectivity index is 4.23. The lowest BCUT2D eigenvalue weighted by molar-refractivity contribution is -0.870. The second-order valence-electron chi connectivity index (χ2n) is 21.6. The van der Waals surface area contributed by atoms with Gasteiger partial charge in [0.2, 0.25) is 0 Å². The molecule has 0 aliphatic carbocycles. The summed E-state index contributed by atoms with van der Waals surface area (Å²) in [6, 6.07) is 0. The molecular formula is C68H116NO8+. The van der Waals surface area contributed by atoms with Crippen LogP contribution in [0.3, 0.4) is 0 Å². The van der Waals surface area contributed by atoms with Gasteiger partial charge in [0, 0.05) is 12.8 Å². The zero-order valence-corrected chi connectivity index (χ0v) is 50.1. The number of aliphatic carboxylic acids is 1. The van der Waals surface area contributed by atoms with Crippen LogP contribution in [0.15, 0.2) is 109 Å². The van der Waals surface area contributed by atoms with Crippen molar-refractivity contribution in [2.45, 2.75) is 257 Å². The predicted molar refractivity (Wildman–Crippen MR) is 327 cm³/mol. The third-order valence-electron chi connectivity index (χ3n) is 13.0. The Hall–Kier alpha value is -4.05. The smallest absolute Gasteiger partial charge is 0.361 e. The maximum absolute atomic E-state index is 12.9. The second-order valence-corrected chi connectivity index (χ2v) is 21.6. The highest BCUT2D eigenvalue weighted by Crippen LogP contribution is 2.16. The summed E-state index contributed by atoms with van der Waals surface area (Å²) in [4.78, 5) is 37.5. The Bertz CT molecular complexity index is 1630. The minimum atomic E-state index is -1.53. The number of hydrogen-bond acceptors (Lipinski definition) is 7. The molecule has 9 nitrogen and oxygen atoms in total.